The number of halogens is 1. The van der Waals surface area contributed by atoms with Gasteiger partial charge in [-0.25, -0.2) is 0 Å². The second-order valence-corrected chi connectivity index (χ2v) is 6.13. The molecule has 0 fully saturated rings. The molecule has 0 aliphatic carbocycles. The number of aromatic nitrogens is 2. The molecule has 2 aromatic rings. The fourth-order valence-corrected chi connectivity index (χ4v) is 2.66. The smallest absolute Gasteiger partial charge is 0.285 e. The summed E-state index contributed by atoms with van der Waals surface area (Å²) < 4.78 is 0.292. The molecule has 0 saturated heterocycles. The second kappa shape index (κ2) is 6.81. The van der Waals surface area contributed by atoms with Crippen molar-refractivity contribution < 1.29 is 4.79 Å². The van der Waals surface area contributed by atoms with E-state index in [2.05, 4.69) is 10.2 Å². The summed E-state index contributed by atoms with van der Waals surface area (Å²) in [4.78, 5) is 14.2. The summed E-state index contributed by atoms with van der Waals surface area (Å²) in [7, 11) is 0. The van der Waals surface area contributed by atoms with Crippen molar-refractivity contribution in [2.45, 2.75) is 26.8 Å². The molecule has 0 spiro atoms. The maximum Gasteiger partial charge on any atom is 0.285 e. The van der Waals surface area contributed by atoms with E-state index in [1.54, 1.807) is 4.90 Å². The van der Waals surface area contributed by atoms with Gasteiger partial charge in [0.05, 0.1) is 0 Å². The molecule has 2 rings (SSSR count). The van der Waals surface area contributed by atoms with Crippen LogP contribution in [0.2, 0.25) is 4.47 Å². The molecule has 20 heavy (non-hydrogen) atoms. The van der Waals surface area contributed by atoms with Gasteiger partial charge in [-0.15, -0.1) is 10.2 Å². The van der Waals surface area contributed by atoms with Crippen molar-refractivity contribution in [1.29, 1.82) is 0 Å². The average molecular weight is 310 g/mol. The third-order valence-electron chi connectivity index (χ3n) is 2.86. The molecule has 1 amide bonds. The van der Waals surface area contributed by atoms with Crippen LogP contribution in [0.1, 0.15) is 34.3 Å². The van der Waals surface area contributed by atoms with Crippen LogP contribution in [0.25, 0.3) is 0 Å². The fraction of sp³-hybridized carbons (Fsp3) is 0.357. The third kappa shape index (κ3) is 3.77. The molecule has 0 bridgehead atoms. The van der Waals surface area contributed by atoms with Crippen molar-refractivity contribution in [2.75, 3.05) is 6.54 Å². The van der Waals surface area contributed by atoms with Gasteiger partial charge in [-0.3, -0.25) is 4.79 Å². The van der Waals surface area contributed by atoms with Crippen molar-refractivity contribution in [3.05, 3.63) is 44.9 Å². The Hall–Kier alpha value is -1.46. The Morgan fingerprint density at radius 1 is 1.30 bits per heavy atom. The minimum absolute atomic E-state index is 0.114. The minimum Gasteiger partial charge on any atom is -0.332 e. The quantitative estimate of drug-likeness (QED) is 0.848. The van der Waals surface area contributed by atoms with Gasteiger partial charge >= 0.3 is 0 Å². The molecular weight excluding hydrogens is 294 g/mol. The molecule has 1 aromatic heterocycles. The van der Waals surface area contributed by atoms with Crippen LogP contribution >= 0.6 is 22.9 Å². The molecule has 1 heterocycles. The molecule has 0 saturated carbocycles. The van der Waals surface area contributed by atoms with Gasteiger partial charge < -0.3 is 4.90 Å². The van der Waals surface area contributed by atoms with Gasteiger partial charge in [0.15, 0.2) is 0 Å². The van der Waals surface area contributed by atoms with Gasteiger partial charge in [-0.1, -0.05) is 48.1 Å². The number of benzene rings is 1. The molecule has 1 aromatic carbocycles. The molecule has 0 unspecified atom stereocenters. The molecule has 0 N–H and O–H groups in total. The van der Waals surface area contributed by atoms with Crippen LogP contribution in [-0.2, 0) is 6.54 Å². The first-order valence-corrected chi connectivity index (χ1v) is 7.63. The van der Waals surface area contributed by atoms with E-state index in [0.717, 1.165) is 23.3 Å². The molecule has 106 valence electrons. The van der Waals surface area contributed by atoms with E-state index in [1.165, 1.54) is 5.56 Å². The van der Waals surface area contributed by atoms with Crippen molar-refractivity contribution >= 4 is 28.8 Å². The zero-order chi connectivity index (χ0) is 14.5. The van der Waals surface area contributed by atoms with Crippen LogP contribution in [0.5, 0.6) is 0 Å². The Labute approximate surface area is 127 Å². The highest BCUT2D eigenvalue weighted by Crippen LogP contribution is 2.18. The monoisotopic (exact) mass is 309 g/mol. The van der Waals surface area contributed by atoms with Crippen LogP contribution in [-0.4, -0.2) is 27.5 Å². The number of hydrogen-bond acceptors (Lipinski definition) is 4. The Morgan fingerprint density at radius 2 is 2.00 bits per heavy atom. The van der Waals surface area contributed by atoms with Crippen LogP contribution in [0.4, 0.5) is 0 Å². The van der Waals surface area contributed by atoms with Gasteiger partial charge in [0, 0.05) is 13.1 Å². The standard InChI is InChI=1S/C14H16ClN3OS/c1-3-8-18(9-11-6-4-10(2)5-7-11)13(19)12-16-17-14(15)20-12/h4-7H,3,8-9H2,1-2H3. The van der Waals surface area contributed by atoms with E-state index in [-0.39, 0.29) is 5.91 Å². The lowest BCUT2D eigenvalue weighted by Gasteiger charge is -2.21. The SMILES string of the molecule is CCCN(Cc1ccc(C)cc1)C(=O)c1nnc(Cl)s1. The van der Waals surface area contributed by atoms with Gasteiger partial charge in [-0.05, 0) is 30.5 Å². The molecule has 0 aliphatic heterocycles. The third-order valence-corrected chi connectivity index (χ3v) is 3.86. The average Bonchev–Trinajstić information content (AvgIpc) is 2.86. The summed E-state index contributed by atoms with van der Waals surface area (Å²) in [5, 5.41) is 7.85. The largest absolute Gasteiger partial charge is 0.332 e. The summed E-state index contributed by atoms with van der Waals surface area (Å²) in [5.74, 6) is -0.114. The predicted octanol–water partition coefficient (Wildman–Crippen LogP) is 3.55. The summed E-state index contributed by atoms with van der Waals surface area (Å²) >= 11 is 6.85. The predicted molar refractivity (Wildman–Crippen MR) is 81.1 cm³/mol. The fourth-order valence-electron chi connectivity index (χ4n) is 1.86. The van der Waals surface area contributed by atoms with E-state index in [9.17, 15) is 4.79 Å². The van der Waals surface area contributed by atoms with Gasteiger partial charge in [0.25, 0.3) is 5.91 Å². The van der Waals surface area contributed by atoms with Crippen molar-refractivity contribution in [3.63, 3.8) is 0 Å². The zero-order valence-corrected chi connectivity index (χ0v) is 13.0. The lowest BCUT2D eigenvalue weighted by Crippen LogP contribution is -2.31. The highest BCUT2D eigenvalue weighted by atomic mass is 35.5. The van der Waals surface area contributed by atoms with Crippen molar-refractivity contribution in [3.8, 4) is 0 Å². The Kier molecular flexibility index (Phi) is 5.09. The normalized spacial score (nSPS) is 10.6. The van der Waals surface area contributed by atoms with Gasteiger partial charge in [0.2, 0.25) is 9.47 Å². The zero-order valence-electron chi connectivity index (χ0n) is 11.5. The summed E-state index contributed by atoms with van der Waals surface area (Å²) in [6.45, 7) is 5.35. The van der Waals surface area contributed by atoms with Gasteiger partial charge in [0.1, 0.15) is 0 Å². The van der Waals surface area contributed by atoms with Crippen molar-refractivity contribution in [2.24, 2.45) is 0 Å². The highest BCUT2D eigenvalue weighted by Gasteiger charge is 2.19. The van der Waals surface area contributed by atoms with E-state index in [4.69, 9.17) is 11.6 Å². The summed E-state index contributed by atoms with van der Waals surface area (Å²) in [6.07, 6.45) is 0.893. The number of hydrogen-bond donors (Lipinski definition) is 0. The maximum atomic E-state index is 12.4. The molecule has 4 nitrogen and oxygen atoms in total. The summed E-state index contributed by atoms with van der Waals surface area (Å²) in [5.41, 5.74) is 2.31. The van der Waals surface area contributed by atoms with Crippen LogP contribution in [0.3, 0.4) is 0 Å². The number of amides is 1. The number of carbonyl (C=O) groups excluding carboxylic acids is 1. The highest BCUT2D eigenvalue weighted by molar-refractivity contribution is 7.17. The van der Waals surface area contributed by atoms with Crippen molar-refractivity contribution in [1.82, 2.24) is 15.1 Å². The Bertz CT molecular complexity index is 582. The minimum atomic E-state index is -0.114. The van der Waals surface area contributed by atoms with E-state index < -0.39 is 0 Å². The first-order valence-electron chi connectivity index (χ1n) is 6.44. The Morgan fingerprint density at radius 3 is 2.55 bits per heavy atom. The second-order valence-electron chi connectivity index (χ2n) is 4.57. The molecular formula is C14H16ClN3OS. The number of rotatable bonds is 5. The lowest BCUT2D eigenvalue weighted by atomic mass is 10.1. The van der Waals surface area contributed by atoms with E-state index in [1.807, 2.05) is 38.1 Å². The van der Waals surface area contributed by atoms with Crippen LogP contribution in [0, 0.1) is 6.92 Å². The van der Waals surface area contributed by atoms with Gasteiger partial charge in [-0.2, -0.15) is 0 Å². The maximum absolute atomic E-state index is 12.4. The molecule has 6 heteroatoms. The first-order chi connectivity index (χ1) is 9.60. The van der Waals surface area contributed by atoms with E-state index >= 15 is 0 Å². The van der Waals surface area contributed by atoms with Crippen LogP contribution < -0.4 is 0 Å². The summed E-state index contributed by atoms with van der Waals surface area (Å²) in [6, 6.07) is 8.17. The first kappa shape index (κ1) is 14.9. The number of carbonyl (C=O) groups is 1. The number of aryl methyl sites for hydroxylation is 1. The molecule has 0 radical (unpaired) electrons. The lowest BCUT2D eigenvalue weighted by molar-refractivity contribution is 0.0742. The topological polar surface area (TPSA) is 46.1 Å². The molecule has 0 atom stereocenters. The number of nitrogens with zero attached hydrogens (tertiary/aromatic N) is 3. The van der Waals surface area contributed by atoms with Crippen LogP contribution in [0.15, 0.2) is 24.3 Å². The van der Waals surface area contributed by atoms with E-state index in [0.29, 0.717) is 22.6 Å². The molecule has 0 aliphatic rings. The Balaban J connectivity index is 2.14.